The molecule has 0 aromatic carbocycles. The second-order valence-corrected chi connectivity index (χ2v) is 5.92. The van der Waals surface area contributed by atoms with Gasteiger partial charge < -0.3 is 15.4 Å². The van der Waals surface area contributed by atoms with Crippen molar-refractivity contribution in [3.63, 3.8) is 0 Å². The maximum atomic E-state index is 6.31. The van der Waals surface area contributed by atoms with E-state index in [2.05, 4.69) is 25.8 Å². The van der Waals surface area contributed by atoms with Gasteiger partial charge >= 0.3 is 0 Å². The predicted octanol–water partition coefficient (Wildman–Crippen LogP) is 1.72. The molecule has 0 radical (unpaired) electrons. The Bertz CT molecular complexity index is 206. The van der Waals surface area contributed by atoms with Crippen molar-refractivity contribution in [1.82, 2.24) is 4.90 Å². The number of methoxy groups -OCH3 is 1. The van der Waals surface area contributed by atoms with Crippen LogP contribution in [0.4, 0.5) is 0 Å². The minimum Gasteiger partial charge on any atom is -0.385 e. The number of hydrogen-bond acceptors (Lipinski definition) is 3. The zero-order valence-electron chi connectivity index (χ0n) is 11.3. The van der Waals surface area contributed by atoms with Crippen LogP contribution in [0.1, 0.15) is 33.1 Å². The Kier molecular flexibility index (Phi) is 5.22. The smallest absolute Gasteiger partial charge is 0.0474 e. The monoisotopic (exact) mass is 228 g/mol. The van der Waals surface area contributed by atoms with Gasteiger partial charge in [0.05, 0.1) is 0 Å². The molecule has 1 saturated carbocycles. The number of nitrogens with two attached hydrogens (primary N) is 1. The van der Waals surface area contributed by atoms with Gasteiger partial charge in [0.15, 0.2) is 0 Å². The van der Waals surface area contributed by atoms with Crippen LogP contribution in [0, 0.1) is 11.3 Å². The van der Waals surface area contributed by atoms with Gasteiger partial charge in [0, 0.05) is 32.8 Å². The van der Waals surface area contributed by atoms with Gasteiger partial charge in [0.2, 0.25) is 0 Å². The van der Waals surface area contributed by atoms with Crippen LogP contribution < -0.4 is 5.73 Å². The van der Waals surface area contributed by atoms with Crippen LogP contribution in [0.2, 0.25) is 0 Å². The SMILES string of the molecule is COCCCN(C)CC1CCC(C)(C)C1N. The third kappa shape index (κ3) is 3.72. The molecule has 2 N–H and O–H groups in total. The lowest BCUT2D eigenvalue weighted by Gasteiger charge is -2.29. The largest absolute Gasteiger partial charge is 0.385 e. The molecular weight excluding hydrogens is 200 g/mol. The molecule has 2 unspecified atom stereocenters. The van der Waals surface area contributed by atoms with Gasteiger partial charge in [0.25, 0.3) is 0 Å². The van der Waals surface area contributed by atoms with Crippen molar-refractivity contribution in [1.29, 1.82) is 0 Å². The summed E-state index contributed by atoms with van der Waals surface area (Å²) in [4.78, 5) is 2.39. The molecule has 0 bridgehead atoms. The Balaban J connectivity index is 2.27. The molecular formula is C13H28N2O. The van der Waals surface area contributed by atoms with Crippen molar-refractivity contribution in [2.24, 2.45) is 17.1 Å². The molecule has 0 aromatic heterocycles. The average Bonchev–Trinajstić information content (AvgIpc) is 2.46. The van der Waals surface area contributed by atoms with Crippen molar-refractivity contribution in [3.05, 3.63) is 0 Å². The highest BCUT2D eigenvalue weighted by Crippen LogP contribution is 2.40. The van der Waals surface area contributed by atoms with E-state index in [4.69, 9.17) is 10.5 Å². The maximum absolute atomic E-state index is 6.31. The van der Waals surface area contributed by atoms with E-state index in [1.54, 1.807) is 7.11 Å². The summed E-state index contributed by atoms with van der Waals surface area (Å²) in [5.74, 6) is 0.669. The highest BCUT2D eigenvalue weighted by Gasteiger charge is 2.39. The first kappa shape index (κ1) is 13.9. The lowest BCUT2D eigenvalue weighted by atomic mass is 9.85. The van der Waals surface area contributed by atoms with Crippen molar-refractivity contribution >= 4 is 0 Å². The fourth-order valence-electron chi connectivity index (χ4n) is 2.72. The molecule has 16 heavy (non-hydrogen) atoms. The maximum Gasteiger partial charge on any atom is 0.0474 e. The number of rotatable bonds is 6. The second kappa shape index (κ2) is 5.99. The van der Waals surface area contributed by atoms with Crippen LogP contribution in [0.5, 0.6) is 0 Å². The van der Waals surface area contributed by atoms with Gasteiger partial charge in [-0.05, 0) is 37.6 Å². The van der Waals surface area contributed by atoms with E-state index in [0.717, 1.165) is 26.1 Å². The van der Waals surface area contributed by atoms with Gasteiger partial charge in [-0.2, -0.15) is 0 Å². The molecule has 3 nitrogen and oxygen atoms in total. The number of hydrogen-bond donors (Lipinski definition) is 1. The summed E-state index contributed by atoms with van der Waals surface area (Å²) in [6.07, 6.45) is 3.66. The number of nitrogens with zero attached hydrogens (tertiary/aromatic N) is 1. The van der Waals surface area contributed by atoms with Gasteiger partial charge in [0.1, 0.15) is 0 Å². The van der Waals surface area contributed by atoms with Crippen LogP contribution in [0.3, 0.4) is 0 Å². The Hall–Kier alpha value is -0.120. The Labute approximate surface area is 100 Å². The van der Waals surface area contributed by atoms with E-state index in [-0.39, 0.29) is 0 Å². The number of ether oxygens (including phenoxy) is 1. The van der Waals surface area contributed by atoms with Gasteiger partial charge in [-0.1, -0.05) is 13.8 Å². The van der Waals surface area contributed by atoms with Crippen molar-refractivity contribution in [2.45, 2.75) is 39.2 Å². The Morgan fingerprint density at radius 2 is 2.12 bits per heavy atom. The quantitative estimate of drug-likeness (QED) is 0.704. The molecule has 0 amide bonds. The fourth-order valence-corrected chi connectivity index (χ4v) is 2.72. The predicted molar refractivity (Wildman–Crippen MR) is 68.5 cm³/mol. The molecule has 2 atom stereocenters. The zero-order valence-corrected chi connectivity index (χ0v) is 11.3. The molecule has 1 fully saturated rings. The highest BCUT2D eigenvalue weighted by atomic mass is 16.5. The zero-order chi connectivity index (χ0) is 12.2. The summed E-state index contributed by atoms with van der Waals surface area (Å²) in [6.45, 7) is 7.68. The summed E-state index contributed by atoms with van der Waals surface area (Å²) in [5, 5.41) is 0. The second-order valence-electron chi connectivity index (χ2n) is 5.92. The van der Waals surface area contributed by atoms with Gasteiger partial charge in [-0.25, -0.2) is 0 Å². The Morgan fingerprint density at radius 3 is 2.62 bits per heavy atom. The van der Waals surface area contributed by atoms with Crippen molar-refractivity contribution < 1.29 is 4.74 Å². The fraction of sp³-hybridized carbons (Fsp3) is 1.00. The summed E-state index contributed by atoms with van der Waals surface area (Å²) >= 11 is 0. The molecule has 0 aromatic rings. The van der Waals surface area contributed by atoms with E-state index in [1.807, 2.05) is 0 Å². The summed E-state index contributed by atoms with van der Waals surface area (Å²) in [5.41, 5.74) is 6.64. The first-order valence-corrected chi connectivity index (χ1v) is 6.40. The Morgan fingerprint density at radius 1 is 1.44 bits per heavy atom. The standard InChI is InChI=1S/C13H28N2O/c1-13(2)7-6-11(12(13)14)10-15(3)8-5-9-16-4/h11-12H,5-10,14H2,1-4H3. The molecule has 1 aliphatic carbocycles. The minimum absolute atomic E-state index is 0.331. The molecule has 0 spiro atoms. The highest BCUT2D eigenvalue weighted by molar-refractivity contribution is 4.94. The van der Waals surface area contributed by atoms with Crippen LogP contribution in [-0.4, -0.2) is 44.8 Å². The third-order valence-corrected chi connectivity index (χ3v) is 4.00. The molecule has 3 heteroatoms. The van der Waals surface area contributed by atoms with Gasteiger partial charge in [-0.3, -0.25) is 0 Å². The van der Waals surface area contributed by atoms with E-state index >= 15 is 0 Å². The van der Waals surface area contributed by atoms with Gasteiger partial charge in [-0.15, -0.1) is 0 Å². The van der Waals surface area contributed by atoms with Crippen LogP contribution >= 0.6 is 0 Å². The first-order valence-electron chi connectivity index (χ1n) is 6.40. The molecule has 96 valence electrons. The van der Waals surface area contributed by atoms with Crippen LogP contribution in [-0.2, 0) is 4.74 Å². The topological polar surface area (TPSA) is 38.5 Å². The van der Waals surface area contributed by atoms with E-state index in [1.165, 1.54) is 12.8 Å². The average molecular weight is 228 g/mol. The van der Waals surface area contributed by atoms with Crippen molar-refractivity contribution in [3.8, 4) is 0 Å². The van der Waals surface area contributed by atoms with Crippen molar-refractivity contribution in [2.75, 3.05) is 33.9 Å². The van der Waals surface area contributed by atoms with E-state index in [9.17, 15) is 0 Å². The molecule has 0 heterocycles. The lowest BCUT2D eigenvalue weighted by Crippen LogP contribution is -2.41. The summed E-state index contributed by atoms with van der Waals surface area (Å²) in [6, 6.07) is 0.359. The molecule has 0 aliphatic heterocycles. The lowest BCUT2D eigenvalue weighted by molar-refractivity contribution is 0.170. The van der Waals surface area contributed by atoms with E-state index in [0.29, 0.717) is 17.4 Å². The summed E-state index contributed by atoms with van der Waals surface area (Å²) < 4.78 is 5.07. The van der Waals surface area contributed by atoms with Crippen LogP contribution in [0.25, 0.3) is 0 Å². The van der Waals surface area contributed by atoms with E-state index < -0.39 is 0 Å². The third-order valence-electron chi connectivity index (χ3n) is 4.00. The molecule has 1 rings (SSSR count). The van der Waals surface area contributed by atoms with Crippen LogP contribution in [0.15, 0.2) is 0 Å². The molecule has 0 saturated heterocycles. The first-order chi connectivity index (χ1) is 7.47. The molecule has 1 aliphatic rings. The normalized spacial score (nSPS) is 28.9. The minimum atomic E-state index is 0.331. The summed E-state index contributed by atoms with van der Waals surface area (Å²) in [7, 11) is 3.95.